The summed E-state index contributed by atoms with van der Waals surface area (Å²) in [7, 11) is 0. The number of piperazine rings is 1. The van der Waals surface area contributed by atoms with E-state index in [0.717, 1.165) is 51.0 Å². The summed E-state index contributed by atoms with van der Waals surface area (Å²) in [6.07, 6.45) is 2.41. The average Bonchev–Trinajstić information content (AvgIpc) is 3.11. The largest absolute Gasteiger partial charge is 0.389 e. The van der Waals surface area contributed by atoms with E-state index in [1.807, 2.05) is 13.8 Å². The zero-order valence-corrected chi connectivity index (χ0v) is 12.4. The van der Waals surface area contributed by atoms with Crippen LogP contribution in [0, 0.1) is 0 Å². The minimum atomic E-state index is -0.617. The van der Waals surface area contributed by atoms with Gasteiger partial charge in [-0.05, 0) is 26.7 Å². The van der Waals surface area contributed by atoms with Gasteiger partial charge in [0.1, 0.15) is 0 Å². The average molecular weight is 280 g/mol. The van der Waals surface area contributed by atoms with Crippen molar-refractivity contribution in [2.75, 3.05) is 32.7 Å². The molecular weight excluding hydrogens is 256 g/mol. The Labute approximate surface area is 119 Å². The molecule has 1 aromatic heterocycles. The first-order valence-electron chi connectivity index (χ1n) is 7.49. The van der Waals surface area contributed by atoms with Crippen molar-refractivity contribution in [1.29, 1.82) is 0 Å². The molecule has 0 radical (unpaired) electrons. The number of hydrogen-bond donors (Lipinski definition) is 1. The number of hydrogen-bond acceptors (Lipinski definition) is 6. The predicted molar refractivity (Wildman–Crippen MR) is 74.3 cm³/mol. The molecule has 112 valence electrons. The van der Waals surface area contributed by atoms with Gasteiger partial charge in [0.05, 0.1) is 12.1 Å². The van der Waals surface area contributed by atoms with Gasteiger partial charge in [-0.15, -0.1) is 0 Å². The van der Waals surface area contributed by atoms with Crippen molar-refractivity contribution in [2.24, 2.45) is 0 Å². The molecule has 0 atom stereocenters. The van der Waals surface area contributed by atoms with Crippen molar-refractivity contribution in [3.63, 3.8) is 0 Å². The minimum Gasteiger partial charge on any atom is -0.389 e. The number of aromatic nitrogens is 2. The Hall–Kier alpha value is -0.980. The molecule has 0 spiro atoms. The molecule has 1 saturated carbocycles. The highest BCUT2D eigenvalue weighted by molar-refractivity contribution is 5.03. The molecule has 1 N–H and O–H groups in total. The molecule has 3 rings (SSSR count). The second-order valence-corrected chi connectivity index (χ2v) is 6.69. The second kappa shape index (κ2) is 5.42. The third-order valence-electron chi connectivity index (χ3n) is 3.86. The van der Waals surface area contributed by atoms with E-state index in [-0.39, 0.29) is 0 Å². The number of β-amino-alcohol motifs (C(OH)–C–C–N with tert-alkyl or cyclic N) is 1. The lowest BCUT2D eigenvalue weighted by atomic mass is 10.1. The van der Waals surface area contributed by atoms with Gasteiger partial charge < -0.3 is 9.63 Å². The Morgan fingerprint density at radius 1 is 1.20 bits per heavy atom. The Morgan fingerprint density at radius 2 is 1.85 bits per heavy atom. The summed E-state index contributed by atoms with van der Waals surface area (Å²) in [5, 5.41) is 13.9. The Balaban J connectivity index is 1.45. The summed E-state index contributed by atoms with van der Waals surface area (Å²) in [5.41, 5.74) is -0.617. The third-order valence-corrected chi connectivity index (χ3v) is 3.86. The first-order valence-corrected chi connectivity index (χ1v) is 7.49. The lowest BCUT2D eigenvalue weighted by molar-refractivity contribution is 0.0153. The maximum atomic E-state index is 9.84. The van der Waals surface area contributed by atoms with Gasteiger partial charge in [0.15, 0.2) is 5.82 Å². The van der Waals surface area contributed by atoms with E-state index >= 15 is 0 Å². The fraction of sp³-hybridized carbons (Fsp3) is 0.857. The van der Waals surface area contributed by atoms with Crippen LogP contribution in [-0.2, 0) is 6.54 Å². The van der Waals surface area contributed by atoms with E-state index < -0.39 is 5.60 Å². The van der Waals surface area contributed by atoms with Gasteiger partial charge in [0.2, 0.25) is 5.89 Å². The molecule has 20 heavy (non-hydrogen) atoms. The fourth-order valence-electron chi connectivity index (χ4n) is 2.68. The molecule has 0 amide bonds. The number of nitrogens with zero attached hydrogens (tertiary/aromatic N) is 4. The van der Waals surface area contributed by atoms with Crippen molar-refractivity contribution in [3.8, 4) is 0 Å². The van der Waals surface area contributed by atoms with E-state index in [4.69, 9.17) is 4.52 Å². The van der Waals surface area contributed by atoms with Gasteiger partial charge in [0.25, 0.3) is 0 Å². The summed E-state index contributed by atoms with van der Waals surface area (Å²) in [6, 6.07) is 0. The van der Waals surface area contributed by atoms with Crippen molar-refractivity contribution in [2.45, 2.75) is 44.8 Å². The second-order valence-electron chi connectivity index (χ2n) is 6.69. The molecule has 2 fully saturated rings. The van der Waals surface area contributed by atoms with Crippen molar-refractivity contribution < 1.29 is 9.63 Å². The monoisotopic (exact) mass is 280 g/mol. The predicted octanol–water partition coefficient (Wildman–Crippen LogP) is 0.835. The molecule has 1 aliphatic heterocycles. The normalized spacial score (nSPS) is 22.4. The van der Waals surface area contributed by atoms with Crippen LogP contribution in [0.25, 0.3) is 0 Å². The van der Waals surface area contributed by atoms with Crippen LogP contribution in [0.5, 0.6) is 0 Å². The smallest absolute Gasteiger partial charge is 0.240 e. The molecule has 2 aliphatic rings. The van der Waals surface area contributed by atoms with Gasteiger partial charge in [-0.25, -0.2) is 0 Å². The fourth-order valence-corrected chi connectivity index (χ4v) is 2.68. The first-order chi connectivity index (χ1) is 9.49. The molecule has 0 bridgehead atoms. The maximum absolute atomic E-state index is 9.84. The maximum Gasteiger partial charge on any atom is 0.240 e. The highest BCUT2D eigenvalue weighted by Gasteiger charge is 2.29. The van der Waals surface area contributed by atoms with Crippen LogP contribution < -0.4 is 0 Å². The van der Waals surface area contributed by atoms with E-state index in [1.165, 1.54) is 12.8 Å². The van der Waals surface area contributed by atoms with E-state index in [9.17, 15) is 5.11 Å². The van der Waals surface area contributed by atoms with Gasteiger partial charge in [-0.3, -0.25) is 9.80 Å². The number of aliphatic hydroxyl groups is 1. The Morgan fingerprint density at radius 3 is 2.45 bits per heavy atom. The Bertz CT molecular complexity index is 442. The van der Waals surface area contributed by atoms with Gasteiger partial charge in [-0.1, -0.05) is 5.16 Å². The van der Waals surface area contributed by atoms with E-state index in [2.05, 4.69) is 19.9 Å². The third kappa shape index (κ3) is 3.77. The van der Waals surface area contributed by atoms with Crippen LogP contribution in [0.1, 0.15) is 44.3 Å². The summed E-state index contributed by atoms with van der Waals surface area (Å²) < 4.78 is 5.32. The van der Waals surface area contributed by atoms with Crippen LogP contribution in [0.3, 0.4) is 0 Å². The summed E-state index contributed by atoms with van der Waals surface area (Å²) in [6.45, 7) is 9.12. The van der Waals surface area contributed by atoms with E-state index in [1.54, 1.807) is 0 Å². The highest BCUT2D eigenvalue weighted by atomic mass is 16.5. The zero-order chi connectivity index (χ0) is 14.2. The van der Waals surface area contributed by atoms with Crippen LogP contribution in [0.15, 0.2) is 4.52 Å². The van der Waals surface area contributed by atoms with Gasteiger partial charge >= 0.3 is 0 Å². The minimum absolute atomic E-state index is 0.552. The summed E-state index contributed by atoms with van der Waals surface area (Å²) >= 11 is 0. The molecule has 1 aromatic rings. The van der Waals surface area contributed by atoms with Gasteiger partial charge in [0, 0.05) is 38.6 Å². The molecule has 0 aromatic carbocycles. The van der Waals surface area contributed by atoms with Crippen molar-refractivity contribution >= 4 is 0 Å². The van der Waals surface area contributed by atoms with Crippen molar-refractivity contribution in [1.82, 2.24) is 19.9 Å². The van der Waals surface area contributed by atoms with E-state index in [0.29, 0.717) is 5.92 Å². The lowest BCUT2D eigenvalue weighted by Gasteiger charge is -2.36. The zero-order valence-electron chi connectivity index (χ0n) is 12.4. The molecule has 6 heteroatoms. The van der Waals surface area contributed by atoms with Crippen LogP contribution in [-0.4, -0.2) is 63.4 Å². The standard InChI is InChI=1S/C14H24N4O2/c1-14(2,19)10-18-7-5-17(6-8-18)9-12-15-13(16-20-12)11-3-4-11/h11,19H,3-10H2,1-2H3. The topological polar surface area (TPSA) is 65.6 Å². The molecule has 1 saturated heterocycles. The molecule has 1 aliphatic carbocycles. The summed E-state index contributed by atoms with van der Waals surface area (Å²) in [4.78, 5) is 9.12. The van der Waals surface area contributed by atoms with Crippen molar-refractivity contribution in [3.05, 3.63) is 11.7 Å². The quantitative estimate of drug-likeness (QED) is 0.862. The van der Waals surface area contributed by atoms with Crippen LogP contribution >= 0.6 is 0 Å². The molecular formula is C14H24N4O2. The highest BCUT2D eigenvalue weighted by Crippen LogP contribution is 2.38. The van der Waals surface area contributed by atoms with Gasteiger partial charge in [-0.2, -0.15) is 4.98 Å². The summed E-state index contributed by atoms with van der Waals surface area (Å²) in [5.74, 6) is 2.18. The molecule has 0 unspecified atom stereocenters. The molecule has 2 heterocycles. The van der Waals surface area contributed by atoms with Crippen LogP contribution in [0.4, 0.5) is 0 Å². The first kappa shape index (κ1) is 14.0. The number of rotatable bonds is 5. The van der Waals surface area contributed by atoms with Crippen LogP contribution in [0.2, 0.25) is 0 Å². The Kier molecular flexibility index (Phi) is 3.79. The SMILES string of the molecule is CC(C)(O)CN1CCN(Cc2nc(C3CC3)no2)CC1. The lowest BCUT2D eigenvalue weighted by Crippen LogP contribution is -2.50. The molecule has 6 nitrogen and oxygen atoms in total.